The molecule has 5 heteroatoms. The predicted octanol–water partition coefficient (Wildman–Crippen LogP) is 13.2. The summed E-state index contributed by atoms with van der Waals surface area (Å²) < 4.78 is 2.35. The van der Waals surface area contributed by atoms with Gasteiger partial charge in [-0.25, -0.2) is 15.0 Å². The Bertz CT molecular complexity index is 2810. The Kier molecular flexibility index (Phi) is 9.83. The summed E-state index contributed by atoms with van der Waals surface area (Å²) >= 11 is 1.80. The first-order valence-corrected chi connectivity index (χ1v) is 20.3. The number of thiophene rings is 1. The lowest BCUT2D eigenvalue weighted by atomic mass is 9.82. The van der Waals surface area contributed by atoms with E-state index in [2.05, 4.69) is 148 Å². The summed E-state index contributed by atoms with van der Waals surface area (Å²) in [5, 5.41) is 2.34. The topological polar surface area (TPSA) is 51.0 Å². The molecule has 57 heavy (non-hydrogen) atoms. The normalized spacial score (nSPS) is 19.1. The van der Waals surface area contributed by atoms with Crippen LogP contribution in [0.5, 0.6) is 0 Å². The van der Waals surface area contributed by atoms with E-state index in [4.69, 9.17) is 19.9 Å². The van der Waals surface area contributed by atoms with Gasteiger partial charge in [0.2, 0.25) is 0 Å². The molecular formula is C52H42N4S. The van der Waals surface area contributed by atoms with E-state index in [1.54, 1.807) is 23.5 Å². The van der Waals surface area contributed by atoms with Gasteiger partial charge >= 0.3 is 0 Å². The number of aliphatic imine (C=N–C) groups is 1. The van der Waals surface area contributed by atoms with Gasteiger partial charge in [0.05, 0.1) is 11.8 Å². The molecule has 3 heterocycles. The number of fused-ring (bicyclic) bond motifs is 4. The molecule has 9 rings (SSSR count). The van der Waals surface area contributed by atoms with Crippen LogP contribution in [-0.2, 0) is 0 Å². The Morgan fingerprint density at radius 2 is 1.51 bits per heavy atom. The van der Waals surface area contributed by atoms with E-state index in [1.165, 1.54) is 32.3 Å². The maximum absolute atomic E-state index is 5.38. The molecule has 276 valence electrons. The highest BCUT2D eigenvalue weighted by Crippen LogP contribution is 2.45. The van der Waals surface area contributed by atoms with Gasteiger partial charge in [-0.2, -0.15) is 0 Å². The first-order valence-electron chi connectivity index (χ1n) is 19.5. The van der Waals surface area contributed by atoms with Crippen LogP contribution in [0.3, 0.4) is 0 Å². The number of allylic oxidation sites excluding steroid dienone is 12. The molecule has 0 amide bonds. The largest absolute Gasteiger partial charge is 0.276 e. The molecule has 2 unspecified atom stereocenters. The zero-order valence-corrected chi connectivity index (χ0v) is 32.6. The summed E-state index contributed by atoms with van der Waals surface area (Å²) in [7, 11) is 0. The Morgan fingerprint density at radius 1 is 0.702 bits per heavy atom. The molecule has 2 aromatic heterocycles. The molecule has 3 atom stereocenters. The number of nitrogens with zero attached hydrogens (tertiary/aromatic N) is 4. The second-order valence-electron chi connectivity index (χ2n) is 14.5. The van der Waals surface area contributed by atoms with Crippen molar-refractivity contribution in [2.24, 2.45) is 4.99 Å². The summed E-state index contributed by atoms with van der Waals surface area (Å²) in [6, 6.07) is 30.2. The lowest BCUT2D eigenvalue weighted by molar-refractivity contribution is 0.712. The number of hydrogen-bond acceptors (Lipinski definition) is 5. The fourth-order valence-corrected chi connectivity index (χ4v) is 9.60. The summed E-state index contributed by atoms with van der Waals surface area (Å²) in [5.41, 5.74) is 10.7. The zero-order chi connectivity index (χ0) is 38.9. The highest BCUT2D eigenvalue weighted by atomic mass is 32.1. The Labute approximate surface area is 338 Å². The van der Waals surface area contributed by atoms with Crippen molar-refractivity contribution in [3.63, 3.8) is 0 Å². The van der Waals surface area contributed by atoms with Gasteiger partial charge in [-0.1, -0.05) is 153 Å². The van der Waals surface area contributed by atoms with Crippen molar-refractivity contribution in [2.45, 2.75) is 37.1 Å². The lowest BCUT2D eigenvalue weighted by Gasteiger charge is -2.28. The average Bonchev–Trinajstić information content (AvgIpc) is 3.66. The lowest BCUT2D eigenvalue weighted by Crippen LogP contribution is -2.24. The highest BCUT2D eigenvalue weighted by molar-refractivity contribution is 7.26. The molecule has 0 saturated carbocycles. The van der Waals surface area contributed by atoms with Crippen LogP contribution in [0, 0.1) is 0 Å². The van der Waals surface area contributed by atoms with Crippen molar-refractivity contribution in [1.82, 2.24) is 15.0 Å². The third-order valence-corrected chi connectivity index (χ3v) is 12.4. The van der Waals surface area contributed by atoms with Crippen LogP contribution in [0.1, 0.15) is 70.6 Å². The van der Waals surface area contributed by atoms with Gasteiger partial charge in [0, 0.05) is 59.8 Å². The van der Waals surface area contributed by atoms with E-state index in [-0.39, 0.29) is 17.9 Å². The molecule has 0 N–H and O–H groups in total. The minimum absolute atomic E-state index is 0.0351. The van der Waals surface area contributed by atoms with E-state index < -0.39 is 0 Å². The summed E-state index contributed by atoms with van der Waals surface area (Å²) in [4.78, 5) is 21.0. The average molecular weight is 755 g/mol. The first-order chi connectivity index (χ1) is 28.1. The fraction of sp³-hybridized carbons (Fsp3) is 0.115. The van der Waals surface area contributed by atoms with Gasteiger partial charge in [-0.3, -0.25) is 4.99 Å². The van der Waals surface area contributed by atoms with Gasteiger partial charge in [0.25, 0.3) is 0 Å². The number of aromatic nitrogens is 3. The quantitative estimate of drug-likeness (QED) is 0.103. The molecular weight excluding hydrogens is 713 g/mol. The van der Waals surface area contributed by atoms with E-state index in [1.807, 2.05) is 18.2 Å². The monoisotopic (exact) mass is 754 g/mol. The number of benzene rings is 4. The number of hydrogen-bond donors (Lipinski definition) is 0. The number of rotatable bonds is 10. The maximum Gasteiger partial charge on any atom is 0.165 e. The molecule has 6 aromatic rings. The minimum atomic E-state index is -0.151. The fourth-order valence-electron chi connectivity index (χ4n) is 8.27. The Morgan fingerprint density at radius 3 is 2.26 bits per heavy atom. The van der Waals surface area contributed by atoms with Gasteiger partial charge in [0.1, 0.15) is 0 Å². The van der Waals surface area contributed by atoms with Crippen LogP contribution in [0.25, 0.3) is 48.3 Å². The summed E-state index contributed by atoms with van der Waals surface area (Å²) in [6.07, 6.45) is 25.8. The molecule has 0 fully saturated rings. The highest BCUT2D eigenvalue weighted by Gasteiger charge is 2.29. The van der Waals surface area contributed by atoms with Crippen LogP contribution in [0.2, 0.25) is 0 Å². The molecule has 2 aliphatic carbocycles. The standard InChI is InChI=1S/C52H42N4S/c1-5-18-33(6-2)50-54-51(37-29-27-35(28-30-37)34-19-11-9-12-20-34)56-52(55-50)45-32-38(47-42-24-16-15-23-41(42)39(7-3)46(8-4)53-47)31-44-43-26-17-25-40(48(43)57-49(44)45)36-21-13-10-14-22-36/h5-9,11-13,15-27,29-32,35,39,46H,1-4,10,14,28H2/b33-18+/t35?,39?,46-/m0/s1. The van der Waals surface area contributed by atoms with Crippen molar-refractivity contribution >= 4 is 53.9 Å². The molecule has 4 aromatic carbocycles. The van der Waals surface area contributed by atoms with Gasteiger partial charge in [-0.05, 0) is 53.7 Å². The van der Waals surface area contributed by atoms with E-state index in [0.717, 1.165) is 62.9 Å². The van der Waals surface area contributed by atoms with Gasteiger partial charge < -0.3 is 0 Å². The third kappa shape index (κ3) is 6.64. The van der Waals surface area contributed by atoms with Crippen molar-refractivity contribution in [2.75, 3.05) is 0 Å². The molecule has 0 saturated heterocycles. The van der Waals surface area contributed by atoms with E-state index in [9.17, 15) is 0 Å². The van der Waals surface area contributed by atoms with Crippen LogP contribution in [-0.4, -0.2) is 26.7 Å². The predicted molar refractivity (Wildman–Crippen MR) is 243 cm³/mol. The molecule has 0 spiro atoms. The Balaban J connectivity index is 1.30. The third-order valence-electron chi connectivity index (χ3n) is 11.1. The van der Waals surface area contributed by atoms with Crippen molar-refractivity contribution < 1.29 is 0 Å². The van der Waals surface area contributed by atoms with E-state index >= 15 is 0 Å². The second-order valence-corrected chi connectivity index (χ2v) is 15.5. The SMILES string of the molecule is C=C/C=C(\C=C)c1nc(C2=CCC(c3ccccc3)C=C2)nc(-c2cc(C3=N[C@@H](C=C)C(C=C)c4ccccc43)cc3c2sc2c(C4=CCCC=C4)cccc23)n1. The Hall–Kier alpha value is -6.56. The van der Waals surface area contributed by atoms with Crippen LogP contribution in [0.15, 0.2) is 183 Å². The van der Waals surface area contributed by atoms with E-state index in [0.29, 0.717) is 17.5 Å². The van der Waals surface area contributed by atoms with Crippen LogP contribution >= 0.6 is 11.3 Å². The molecule has 0 radical (unpaired) electrons. The maximum atomic E-state index is 5.38. The summed E-state index contributed by atoms with van der Waals surface area (Å²) in [5.74, 6) is 2.08. The van der Waals surface area contributed by atoms with Gasteiger partial charge in [0.15, 0.2) is 17.5 Å². The molecule has 3 aliphatic rings. The van der Waals surface area contributed by atoms with Crippen LogP contribution in [0.4, 0.5) is 0 Å². The minimum Gasteiger partial charge on any atom is -0.276 e. The van der Waals surface area contributed by atoms with Crippen molar-refractivity contribution in [1.29, 1.82) is 0 Å². The second kappa shape index (κ2) is 15.5. The molecule has 1 aliphatic heterocycles. The van der Waals surface area contributed by atoms with Gasteiger partial charge in [-0.15, -0.1) is 24.5 Å². The van der Waals surface area contributed by atoms with Crippen molar-refractivity contribution in [3.8, 4) is 11.4 Å². The van der Waals surface area contributed by atoms with Crippen molar-refractivity contribution in [3.05, 3.63) is 218 Å². The smallest absolute Gasteiger partial charge is 0.165 e. The molecule has 4 nitrogen and oxygen atoms in total. The summed E-state index contributed by atoms with van der Waals surface area (Å²) in [6.45, 7) is 16.5. The molecule has 0 bridgehead atoms. The zero-order valence-electron chi connectivity index (χ0n) is 31.8. The van der Waals surface area contributed by atoms with Crippen LogP contribution < -0.4 is 0 Å². The first kappa shape index (κ1) is 36.1.